The third kappa shape index (κ3) is 1.36. The maximum atomic E-state index is 11.2. The average molecular weight is 243 g/mol. The summed E-state index contributed by atoms with van der Waals surface area (Å²) in [6.07, 6.45) is -0.556. The Bertz CT molecular complexity index is 362. The maximum Gasteiger partial charge on any atom is 0.341 e. The molecule has 1 aliphatic heterocycles. The minimum atomic E-state index is -0.556. The monoisotopic (exact) mass is 242 g/mol. The van der Waals surface area contributed by atoms with E-state index in [1.807, 2.05) is 6.07 Å². The Labute approximate surface area is 83.8 Å². The molecule has 0 fully saturated rings. The van der Waals surface area contributed by atoms with Crippen molar-refractivity contribution in [3.05, 3.63) is 33.8 Å². The molecule has 3 nitrogen and oxygen atoms in total. The normalized spacial score (nSPS) is 19.8. The van der Waals surface area contributed by atoms with Crippen molar-refractivity contribution in [2.24, 2.45) is 0 Å². The molecule has 0 saturated carbocycles. The standard InChI is InChI=1S/C9H7BrO3/c1-12-9-7-4-5(10)2-3-6(7)8(11)13-9/h2-4,9H,1H3. The van der Waals surface area contributed by atoms with Crippen LogP contribution in [0.5, 0.6) is 0 Å². The molecule has 0 aromatic heterocycles. The van der Waals surface area contributed by atoms with Crippen molar-refractivity contribution < 1.29 is 14.3 Å². The number of carbonyl (C=O) groups excluding carboxylic acids is 1. The van der Waals surface area contributed by atoms with E-state index in [0.29, 0.717) is 5.56 Å². The van der Waals surface area contributed by atoms with Gasteiger partial charge in [-0.25, -0.2) is 4.79 Å². The molecule has 0 radical (unpaired) electrons. The number of carbonyl (C=O) groups is 1. The number of cyclic esters (lactones) is 1. The zero-order valence-electron chi connectivity index (χ0n) is 6.91. The van der Waals surface area contributed by atoms with E-state index in [1.165, 1.54) is 7.11 Å². The molecule has 1 heterocycles. The molecule has 4 heteroatoms. The van der Waals surface area contributed by atoms with Crippen LogP contribution in [0, 0.1) is 0 Å². The van der Waals surface area contributed by atoms with Crippen LogP contribution in [0.4, 0.5) is 0 Å². The van der Waals surface area contributed by atoms with Gasteiger partial charge in [0, 0.05) is 17.1 Å². The van der Waals surface area contributed by atoms with E-state index in [1.54, 1.807) is 12.1 Å². The molecule has 1 atom stereocenters. The van der Waals surface area contributed by atoms with Crippen LogP contribution >= 0.6 is 15.9 Å². The Kier molecular flexibility index (Phi) is 2.09. The van der Waals surface area contributed by atoms with Crippen molar-refractivity contribution in [3.8, 4) is 0 Å². The molecular formula is C9H7BrO3. The predicted octanol–water partition coefficient (Wildman–Crippen LogP) is 2.26. The van der Waals surface area contributed by atoms with Crippen LogP contribution in [-0.4, -0.2) is 13.1 Å². The van der Waals surface area contributed by atoms with E-state index in [4.69, 9.17) is 9.47 Å². The van der Waals surface area contributed by atoms with Gasteiger partial charge in [0.25, 0.3) is 0 Å². The number of halogens is 1. The molecule has 0 bridgehead atoms. The van der Waals surface area contributed by atoms with Crippen molar-refractivity contribution in [1.82, 2.24) is 0 Å². The summed E-state index contributed by atoms with van der Waals surface area (Å²) in [6.45, 7) is 0. The summed E-state index contributed by atoms with van der Waals surface area (Å²) < 4.78 is 10.9. The lowest BCUT2D eigenvalue weighted by Gasteiger charge is -2.06. The summed E-state index contributed by atoms with van der Waals surface area (Å²) in [4.78, 5) is 11.2. The summed E-state index contributed by atoms with van der Waals surface area (Å²) in [5.41, 5.74) is 1.36. The zero-order chi connectivity index (χ0) is 9.42. The van der Waals surface area contributed by atoms with Crippen LogP contribution in [-0.2, 0) is 9.47 Å². The van der Waals surface area contributed by atoms with Gasteiger partial charge in [0.1, 0.15) is 0 Å². The van der Waals surface area contributed by atoms with Crippen LogP contribution in [0.15, 0.2) is 22.7 Å². The first-order valence-electron chi connectivity index (χ1n) is 3.75. The Morgan fingerprint density at radius 3 is 3.00 bits per heavy atom. The quantitative estimate of drug-likeness (QED) is 0.709. The first kappa shape index (κ1) is 8.72. The Morgan fingerprint density at radius 2 is 2.31 bits per heavy atom. The van der Waals surface area contributed by atoms with Crippen molar-refractivity contribution in [1.29, 1.82) is 0 Å². The van der Waals surface area contributed by atoms with Gasteiger partial charge in [-0.3, -0.25) is 0 Å². The van der Waals surface area contributed by atoms with E-state index < -0.39 is 6.29 Å². The van der Waals surface area contributed by atoms with Crippen molar-refractivity contribution in [3.63, 3.8) is 0 Å². The number of ether oxygens (including phenoxy) is 2. The molecule has 0 aliphatic carbocycles. The summed E-state index contributed by atoms with van der Waals surface area (Å²) in [5.74, 6) is -0.325. The fraction of sp³-hybridized carbons (Fsp3) is 0.222. The van der Waals surface area contributed by atoms with Crippen LogP contribution < -0.4 is 0 Å². The largest absolute Gasteiger partial charge is 0.428 e. The van der Waals surface area contributed by atoms with Crippen LogP contribution in [0.1, 0.15) is 22.2 Å². The lowest BCUT2D eigenvalue weighted by molar-refractivity contribution is -0.0816. The van der Waals surface area contributed by atoms with E-state index in [2.05, 4.69) is 15.9 Å². The van der Waals surface area contributed by atoms with E-state index >= 15 is 0 Å². The number of fused-ring (bicyclic) bond motifs is 1. The van der Waals surface area contributed by atoms with Gasteiger partial charge >= 0.3 is 5.97 Å². The average Bonchev–Trinajstić information content (AvgIpc) is 2.42. The smallest absolute Gasteiger partial charge is 0.341 e. The highest BCUT2D eigenvalue weighted by atomic mass is 79.9. The van der Waals surface area contributed by atoms with Gasteiger partial charge in [-0.05, 0) is 18.2 Å². The Hall–Kier alpha value is -0.870. The molecule has 0 saturated heterocycles. The Morgan fingerprint density at radius 1 is 1.54 bits per heavy atom. The molecule has 0 amide bonds. The van der Waals surface area contributed by atoms with Crippen molar-refractivity contribution >= 4 is 21.9 Å². The molecule has 68 valence electrons. The molecule has 1 aromatic rings. The third-order valence-electron chi connectivity index (χ3n) is 1.92. The molecule has 0 spiro atoms. The van der Waals surface area contributed by atoms with Gasteiger partial charge in [0.15, 0.2) is 0 Å². The van der Waals surface area contributed by atoms with Crippen LogP contribution in [0.2, 0.25) is 0 Å². The molecule has 0 N–H and O–H groups in total. The topological polar surface area (TPSA) is 35.5 Å². The highest BCUT2D eigenvalue weighted by Crippen LogP contribution is 2.32. The molecular weight excluding hydrogens is 236 g/mol. The summed E-state index contributed by atoms with van der Waals surface area (Å²) in [5, 5.41) is 0. The van der Waals surface area contributed by atoms with Crippen LogP contribution in [0.25, 0.3) is 0 Å². The molecule has 1 aromatic carbocycles. The fourth-order valence-corrected chi connectivity index (χ4v) is 1.69. The van der Waals surface area contributed by atoms with Gasteiger partial charge in [-0.2, -0.15) is 0 Å². The van der Waals surface area contributed by atoms with E-state index in [0.717, 1.165) is 10.0 Å². The van der Waals surface area contributed by atoms with E-state index in [9.17, 15) is 4.79 Å². The first-order chi connectivity index (χ1) is 6.22. The Balaban J connectivity index is 2.52. The second-order valence-corrected chi connectivity index (χ2v) is 3.62. The fourth-order valence-electron chi connectivity index (χ4n) is 1.31. The second kappa shape index (κ2) is 3.12. The van der Waals surface area contributed by atoms with Gasteiger partial charge in [0.2, 0.25) is 6.29 Å². The van der Waals surface area contributed by atoms with Crippen LogP contribution in [0.3, 0.4) is 0 Å². The number of rotatable bonds is 1. The lowest BCUT2D eigenvalue weighted by Crippen LogP contribution is -1.99. The maximum absolute atomic E-state index is 11.2. The SMILES string of the molecule is COC1OC(=O)c2ccc(Br)cc21. The van der Waals surface area contributed by atoms with Gasteiger partial charge in [0.05, 0.1) is 5.56 Å². The molecule has 1 unspecified atom stereocenters. The van der Waals surface area contributed by atoms with E-state index in [-0.39, 0.29) is 5.97 Å². The highest BCUT2D eigenvalue weighted by Gasteiger charge is 2.30. The molecule has 2 rings (SSSR count). The minimum Gasteiger partial charge on any atom is -0.428 e. The van der Waals surface area contributed by atoms with Gasteiger partial charge in [-0.1, -0.05) is 15.9 Å². The number of benzene rings is 1. The number of hydrogen-bond acceptors (Lipinski definition) is 3. The third-order valence-corrected chi connectivity index (χ3v) is 2.41. The van der Waals surface area contributed by atoms with Crippen molar-refractivity contribution in [2.45, 2.75) is 6.29 Å². The minimum absolute atomic E-state index is 0.325. The number of methoxy groups -OCH3 is 1. The second-order valence-electron chi connectivity index (χ2n) is 2.70. The van der Waals surface area contributed by atoms with Crippen molar-refractivity contribution in [2.75, 3.05) is 7.11 Å². The summed E-state index contributed by atoms with van der Waals surface area (Å²) >= 11 is 3.32. The number of esters is 1. The predicted molar refractivity (Wildman–Crippen MR) is 49.3 cm³/mol. The zero-order valence-corrected chi connectivity index (χ0v) is 8.50. The summed E-state index contributed by atoms with van der Waals surface area (Å²) in [7, 11) is 1.51. The first-order valence-corrected chi connectivity index (χ1v) is 4.55. The summed E-state index contributed by atoms with van der Waals surface area (Å²) in [6, 6.07) is 5.35. The van der Waals surface area contributed by atoms with Gasteiger partial charge < -0.3 is 9.47 Å². The molecule has 13 heavy (non-hydrogen) atoms. The lowest BCUT2D eigenvalue weighted by atomic mass is 10.1. The highest BCUT2D eigenvalue weighted by molar-refractivity contribution is 9.10. The van der Waals surface area contributed by atoms with Gasteiger partial charge in [-0.15, -0.1) is 0 Å². The number of hydrogen-bond donors (Lipinski definition) is 0. The molecule has 1 aliphatic rings.